The first kappa shape index (κ1) is 14.1. The molecule has 0 fully saturated rings. The number of H-pyrrole nitrogens is 1. The molecule has 2 aromatic heterocycles. The summed E-state index contributed by atoms with van der Waals surface area (Å²) in [5.74, 6) is 0.00551. The molecule has 21 heavy (non-hydrogen) atoms. The molecule has 0 saturated heterocycles. The van der Waals surface area contributed by atoms with E-state index in [1.165, 1.54) is 0 Å². The number of carbonyl (C=O) groups is 2. The van der Waals surface area contributed by atoms with Crippen molar-refractivity contribution in [2.75, 3.05) is 0 Å². The Morgan fingerprint density at radius 3 is 2.90 bits per heavy atom. The minimum atomic E-state index is -0.143. The fourth-order valence-electron chi connectivity index (χ4n) is 2.88. The molecule has 0 radical (unpaired) electrons. The quantitative estimate of drug-likeness (QED) is 0.913. The Labute approximate surface area is 127 Å². The van der Waals surface area contributed by atoms with Crippen LogP contribution in [-0.2, 0) is 6.42 Å². The third kappa shape index (κ3) is 2.53. The van der Waals surface area contributed by atoms with Crippen LogP contribution in [0, 0.1) is 6.92 Å². The lowest BCUT2D eigenvalue weighted by atomic mass is 9.94. The van der Waals surface area contributed by atoms with E-state index in [1.807, 2.05) is 31.4 Å². The number of hydrogen-bond acceptors (Lipinski definition) is 3. The highest BCUT2D eigenvalue weighted by molar-refractivity contribution is 7.10. The van der Waals surface area contributed by atoms with Crippen molar-refractivity contribution < 1.29 is 9.59 Å². The van der Waals surface area contributed by atoms with E-state index in [0.717, 1.165) is 34.5 Å². The maximum absolute atomic E-state index is 12.4. The Morgan fingerprint density at radius 1 is 1.43 bits per heavy atom. The SMILES string of the molecule is Cc1c(C(=O)N[C@@H](C)c2cccs2)[nH]c2c1C(=O)CCC2. The van der Waals surface area contributed by atoms with E-state index in [0.29, 0.717) is 12.1 Å². The summed E-state index contributed by atoms with van der Waals surface area (Å²) in [6, 6.07) is 3.94. The van der Waals surface area contributed by atoms with E-state index < -0.39 is 0 Å². The van der Waals surface area contributed by atoms with Crippen LogP contribution in [0.1, 0.15) is 62.8 Å². The van der Waals surface area contributed by atoms with Crippen molar-refractivity contribution in [3.63, 3.8) is 0 Å². The molecule has 0 unspecified atom stereocenters. The van der Waals surface area contributed by atoms with Crippen molar-refractivity contribution in [1.29, 1.82) is 0 Å². The van der Waals surface area contributed by atoms with Gasteiger partial charge >= 0.3 is 0 Å². The lowest BCUT2D eigenvalue weighted by molar-refractivity contribution is 0.0934. The van der Waals surface area contributed by atoms with Crippen molar-refractivity contribution in [2.24, 2.45) is 0 Å². The molecule has 4 nitrogen and oxygen atoms in total. The molecule has 2 N–H and O–H groups in total. The zero-order chi connectivity index (χ0) is 15.0. The molecule has 0 aliphatic heterocycles. The summed E-state index contributed by atoms with van der Waals surface area (Å²) < 4.78 is 0. The Hall–Kier alpha value is -1.88. The fraction of sp³-hybridized carbons (Fsp3) is 0.375. The Balaban J connectivity index is 1.84. The maximum atomic E-state index is 12.4. The minimum Gasteiger partial charge on any atom is -0.354 e. The summed E-state index contributed by atoms with van der Waals surface area (Å²) in [5, 5.41) is 4.99. The molecule has 0 aromatic carbocycles. The van der Waals surface area contributed by atoms with Crippen molar-refractivity contribution in [3.8, 4) is 0 Å². The lowest BCUT2D eigenvalue weighted by Crippen LogP contribution is -2.27. The number of rotatable bonds is 3. The van der Waals surface area contributed by atoms with Gasteiger partial charge < -0.3 is 10.3 Å². The van der Waals surface area contributed by atoms with Crippen LogP contribution in [-0.4, -0.2) is 16.7 Å². The summed E-state index contributed by atoms with van der Waals surface area (Å²) in [5.41, 5.74) is 2.96. The molecule has 0 bridgehead atoms. The number of ketones is 1. The molecule has 110 valence electrons. The molecule has 3 rings (SSSR count). The van der Waals surface area contributed by atoms with Gasteiger partial charge in [-0.1, -0.05) is 6.07 Å². The summed E-state index contributed by atoms with van der Waals surface area (Å²) >= 11 is 1.62. The van der Waals surface area contributed by atoms with Crippen LogP contribution in [0.4, 0.5) is 0 Å². The summed E-state index contributed by atoms with van der Waals surface area (Å²) in [7, 11) is 0. The van der Waals surface area contributed by atoms with Crippen LogP contribution >= 0.6 is 11.3 Å². The van der Waals surface area contributed by atoms with Crippen LogP contribution in [0.2, 0.25) is 0 Å². The molecule has 1 aliphatic rings. The molecular weight excluding hydrogens is 284 g/mol. The lowest BCUT2D eigenvalue weighted by Gasteiger charge is -2.12. The topological polar surface area (TPSA) is 62.0 Å². The van der Waals surface area contributed by atoms with Crippen LogP contribution in [0.5, 0.6) is 0 Å². The summed E-state index contributed by atoms with van der Waals surface area (Å²) in [6.07, 6.45) is 2.28. The van der Waals surface area contributed by atoms with Gasteiger partial charge in [0.1, 0.15) is 5.69 Å². The maximum Gasteiger partial charge on any atom is 0.268 e. The monoisotopic (exact) mass is 302 g/mol. The van der Waals surface area contributed by atoms with Crippen molar-refractivity contribution in [2.45, 2.75) is 39.2 Å². The summed E-state index contributed by atoms with van der Waals surface area (Å²) in [6.45, 7) is 3.82. The largest absolute Gasteiger partial charge is 0.354 e. The van der Waals surface area contributed by atoms with Crippen LogP contribution < -0.4 is 5.32 Å². The first-order chi connectivity index (χ1) is 10.1. The number of Topliss-reactive ketones (excluding diaryl/α,β-unsaturated/α-hetero) is 1. The van der Waals surface area contributed by atoms with Gasteiger partial charge in [0.05, 0.1) is 6.04 Å². The van der Waals surface area contributed by atoms with Gasteiger partial charge in [0, 0.05) is 22.6 Å². The molecule has 1 atom stereocenters. The number of hydrogen-bond donors (Lipinski definition) is 2. The first-order valence-corrected chi connectivity index (χ1v) is 8.04. The highest BCUT2D eigenvalue weighted by Crippen LogP contribution is 2.27. The van der Waals surface area contributed by atoms with Gasteiger partial charge in [0.2, 0.25) is 0 Å². The van der Waals surface area contributed by atoms with Crippen LogP contribution in [0.15, 0.2) is 17.5 Å². The second-order valence-corrected chi connectivity index (χ2v) is 6.45. The Bertz CT molecular complexity index is 685. The predicted molar refractivity (Wildman–Crippen MR) is 83.0 cm³/mol. The number of nitrogens with one attached hydrogen (secondary N) is 2. The van der Waals surface area contributed by atoms with Crippen molar-refractivity contribution in [1.82, 2.24) is 10.3 Å². The molecule has 0 spiro atoms. The molecule has 5 heteroatoms. The van der Waals surface area contributed by atoms with Gasteiger partial charge in [-0.15, -0.1) is 11.3 Å². The third-order valence-corrected chi connectivity index (χ3v) is 5.04. The van der Waals surface area contributed by atoms with E-state index in [1.54, 1.807) is 11.3 Å². The standard InChI is InChI=1S/C16H18N2O2S/c1-9-14-11(5-3-6-12(14)19)18-15(9)16(20)17-10(2)13-7-4-8-21-13/h4,7-8,10,18H,3,5-6H2,1-2H3,(H,17,20)/t10-/m0/s1. The number of aromatic amines is 1. The molecule has 2 aromatic rings. The molecule has 1 amide bonds. The zero-order valence-electron chi connectivity index (χ0n) is 12.2. The second kappa shape index (κ2) is 5.48. The highest BCUT2D eigenvalue weighted by Gasteiger charge is 2.26. The second-order valence-electron chi connectivity index (χ2n) is 5.47. The fourth-order valence-corrected chi connectivity index (χ4v) is 3.61. The number of carbonyl (C=O) groups excluding carboxylic acids is 2. The van der Waals surface area contributed by atoms with E-state index in [4.69, 9.17) is 0 Å². The third-order valence-electron chi connectivity index (χ3n) is 3.98. The van der Waals surface area contributed by atoms with Gasteiger partial charge in [0.15, 0.2) is 5.78 Å². The van der Waals surface area contributed by atoms with E-state index >= 15 is 0 Å². The van der Waals surface area contributed by atoms with Crippen molar-refractivity contribution in [3.05, 3.63) is 44.9 Å². The molecular formula is C16H18N2O2S. The van der Waals surface area contributed by atoms with Gasteiger partial charge in [-0.25, -0.2) is 0 Å². The average molecular weight is 302 g/mol. The Kier molecular flexibility index (Phi) is 3.68. The first-order valence-electron chi connectivity index (χ1n) is 7.17. The Morgan fingerprint density at radius 2 is 2.24 bits per heavy atom. The molecule has 2 heterocycles. The normalized spacial score (nSPS) is 15.6. The number of aryl methyl sites for hydroxylation is 1. The predicted octanol–water partition coefficient (Wildman–Crippen LogP) is 3.39. The van der Waals surface area contributed by atoms with Gasteiger partial charge in [0.25, 0.3) is 5.91 Å². The average Bonchev–Trinajstić information content (AvgIpc) is 3.07. The van der Waals surface area contributed by atoms with Crippen molar-refractivity contribution >= 4 is 23.0 Å². The van der Waals surface area contributed by atoms with Crippen LogP contribution in [0.3, 0.4) is 0 Å². The van der Waals surface area contributed by atoms with E-state index in [9.17, 15) is 9.59 Å². The van der Waals surface area contributed by atoms with Gasteiger partial charge in [-0.3, -0.25) is 9.59 Å². The molecule has 0 saturated carbocycles. The number of thiophene rings is 1. The van der Waals surface area contributed by atoms with Crippen LogP contribution in [0.25, 0.3) is 0 Å². The number of amides is 1. The zero-order valence-corrected chi connectivity index (χ0v) is 13.0. The van der Waals surface area contributed by atoms with E-state index in [-0.39, 0.29) is 17.7 Å². The van der Waals surface area contributed by atoms with Gasteiger partial charge in [-0.05, 0) is 43.7 Å². The minimum absolute atomic E-state index is 0.0343. The smallest absolute Gasteiger partial charge is 0.268 e. The van der Waals surface area contributed by atoms with E-state index in [2.05, 4.69) is 10.3 Å². The summed E-state index contributed by atoms with van der Waals surface area (Å²) in [4.78, 5) is 28.7. The number of aromatic nitrogens is 1. The highest BCUT2D eigenvalue weighted by atomic mass is 32.1. The molecule has 1 aliphatic carbocycles. The van der Waals surface area contributed by atoms with Gasteiger partial charge in [-0.2, -0.15) is 0 Å². The number of fused-ring (bicyclic) bond motifs is 1.